The van der Waals surface area contributed by atoms with Crippen molar-refractivity contribution in [1.82, 2.24) is 0 Å². The van der Waals surface area contributed by atoms with Crippen LogP contribution in [0, 0.1) is 0 Å². The van der Waals surface area contributed by atoms with Crippen molar-refractivity contribution in [2.75, 3.05) is 0 Å². The van der Waals surface area contributed by atoms with E-state index in [-0.39, 0.29) is 11.5 Å². The van der Waals surface area contributed by atoms with Crippen LogP contribution in [0.5, 0.6) is 5.75 Å². The molecule has 1 N–H and O–H groups in total. The number of benzene rings is 1. The van der Waals surface area contributed by atoms with Crippen molar-refractivity contribution in [1.29, 1.82) is 0 Å². The van der Waals surface area contributed by atoms with E-state index in [0.717, 1.165) is 0 Å². The number of phenols is 1. The average Bonchev–Trinajstić information content (AvgIpc) is 2.08. The van der Waals surface area contributed by atoms with Crippen LogP contribution in [-0.2, 0) is 0 Å². The van der Waals surface area contributed by atoms with E-state index in [9.17, 15) is 4.79 Å². The molecular weight excluding hydrogens is 220 g/mol. The average molecular weight is 229 g/mol. The van der Waals surface area contributed by atoms with Crippen molar-refractivity contribution in [2.24, 2.45) is 0 Å². The lowest BCUT2D eigenvalue weighted by molar-refractivity contribution is 0.0988. The predicted molar refractivity (Wildman–Crippen MR) is 50.4 cm³/mol. The summed E-state index contributed by atoms with van der Waals surface area (Å²) in [7, 11) is 0. The van der Waals surface area contributed by atoms with Crippen LogP contribution >= 0.6 is 15.9 Å². The Morgan fingerprint density at radius 2 is 2.25 bits per heavy atom. The van der Waals surface area contributed by atoms with Crippen LogP contribution in [0.1, 0.15) is 23.7 Å². The van der Waals surface area contributed by atoms with Crippen LogP contribution in [0.3, 0.4) is 0 Å². The second kappa shape index (κ2) is 3.72. The second-order valence-corrected chi connectivity index (χ2v) is 3.30. The number of hydrogen-bond acceptors (Lipinski definition) is 2. The summed E-state index contributed by atoms with van der Waals surface area (Å²) < 4.78 is 0.557. The summed E-state index contributed by atoms with van der Waals surface area (Å²) in [4.78, 5) is 11.2. The Morgan fingerprint density at radius 1 is 1.58 bits per heavy atom. The fraction of sp³-hybridized carbons (Fsp3) is 0.222. The Morgan fingerprint density at radius 3 is 2.75 bits per heavy atom. The zero-order valence-electron chi connectivity index (χ0n) is 6.67. The molecular formula is C9H9BrO2. The molecule has 0 heterocycles. The van der Waals surface area contributed by atoms with Crippen molar-refractivity contribution in [2.45, 2.75) is 13.3 Å². The monoisotopic (exact) mass is 228 g/mol. The van der Waals surface area contributed by atoms with E-state index in [0.29, 0.717) is 16.5 Å². The molecule has 0 amide bonds. The van der Waals surface area contributed by atoms with E-state index < -0.39 is 0 Å². The number of hydrogen-bond donors (Lipinski definition) is 1. The molecule has 1 aromatic carbocycles. The van der Waals surface area contributed by atoms with Crippen molar-refractivity contribution in [3.05, 3.63) is 28.2 Å². The van der Waals surface area contributed by atoms with Crippen LogP contribution in [-0.4, -0.2) is 10.9 Å². The summed E-state index contributed by atoms with van der Waals surface area (Å²) in [5.74, 6) is 0.235. The van der Waals surface area contributed by atoms with Gasteiger partial charge in [0.1, 0.15) is 5.75 Å². The summed E-state index contributed by atoms with van der Waals surface area (Å²) in [6.45, 7) is 1.81. The number of aromatic hydroxyl groups is 1. The van der Waals surface area contributed by atoms with Crippen LogP contribution in [0.4, 0.5) is 0 Å². The Balaban J connectivity index is 3.05. The highest BCUT2D eigenvalue weighted by atomic mass is 79.9. The maximum atomic E-state index is 11.2. The standard InChI is InChI=1S/C9H9BrO2/c1-2-8(11)6-3-4-9(12)7(10)5-6/h3-5,12H,2H2,1H3. The van der Waals surface area contributed by atoms with Gasteiger partial charge in [0.2, 0.25) is 0 Å². The first-order valence-corrected chi connectivity index (χ1v) is 4.46. The summed E-state index contributed by atoms with van der Waals surface area (Å²) in [6, 6.07) is 4.75. The highest BCUT2D eigenvalue weighted by molar-refractivity contribution is 9.10. The van der Waals surface area contributed by atoms with Gasteiger partial charge in [0.25, 0.3) is 0 Å². The van der Waals surface area contributed by atoms with Crippen LogP contribution in [0.2, 0.25) is 0 Å². The molecule has 1 aromatic rings. The van der Waals surface area contributed by atoms with E-state index in [1.165, 1.54) is 6.07 Å². The molecule has 0 radical (unpaired) electrons. The molecule has 0 saturated carbocycles. The first-order chi connectivity index (χ1) is 5.65. The van der Waals surface area contributed by atoms with E-state index >= 15 is 0 Å². The Bertz CT molecular complexity index is 307. The lowest BCUT2D eigenvalue weighted by Gasteiger charge is -1.99. The van der Waals surface area contributed by atoms with Gasteiger partial charge in [-0.3, -0.25) is 4.79 Å². The molecule has 0 aromatic heterocycles. The van der Waals surface area contributed by atoms with E-state index in [2.05, 4.69) is 15.9 Å². The van der Waals surface area contributed by atoms with Gasteiger partial charge in [0, 0.05) is 12.0 Å². The van der Waals surface area contributed by atoms with E-state index in [1.54, 1.807) is 12.1 Å². The van der Waals surface area contributed by atoms with Gasteiger partial charge in [0.05, 0.1) is 4.47 Å². The fourth-order valence-corrected chi connectivity index (χ4v) is 1.26. The zero-order chi connectivity index (χ0) is 9.14. The third-order valence-corrected chi connectivity index (χ3v) is 2.23. The molecule has 0 aliphatic carbocycles. The molecule has 0 atom stereocenters. The quantitative estimate of drug-likeness (QED) is 0.791. The second-order valence-electron chi connectivity index (χ2n) is 2.44. The third-order valence-electron chi connectivity index (χ3n) is 1.59. The predicted octanol–water partition coefficient (Wildman–Crippen LogP) is 2.75. The van der Waals surface area contributed by atoms with Gasteiger partial charge < -0.3 is 5.11 Å². The normalized spacial score (nSPS) is 9.83. The number of ketones is 1. The number of carbonyl (C=O) groups excluding carboxylic acids is 1. The molecule has 64 valence electrons. The molecule has 0 aliphatic heterocycles. The zero-order valence-corrected chi connectivity index (χ0v) is 8.26. The third kappa shape index (κ3) is 1.85. The van der Waals surface area contributed by atoms with Crippen LogP contribution < -0.4 is 0 Å². The van der Waals surface area contributed by atoms with E-state index in [4.69, 9.17) is 5.11 Å². The van der Waals surface area contributed by atoms with Crippen LogP contribution in [0.15, 0.2) is 22.7 Å². The molecule has 2 nitrogen and oxygen atoms in total. The van der Waals surface area contributed by atoms with Gasteiger partial charge in [-0.05, 0) is 34.1 Å². The van der Waals surface area contributed by atoms with E-state index in [1.807, 2.05) is 6.92 Å². The minimum Gasteiger partial charge on any atom is -0.507 e. The number of halogens is 1. The highest BCUT2D eigenvalue weighted by Crippen LogP contribution is 2.24. The molecule has 3 heteroatoms. The molecule has 12 heavy (non-hydrogen) atoms. The number of Topliss-reactive ketones (excluding diaryl/α,β-unsaturated/α-hetero) is 1. The van der Waals surface area contributed by atoms with Crippen molar-refractivity contribution in [3.8, 4) is 5.75 Å². The lowest BCUT2D eigenvalue weighted by atomic mass is 10.1. The van der Waals surface area contributed by atoms with Gasteiger partial charge in [-0.15, -0.1) is 0 Å². The maximum Gasteiger partial charge on any atom is 0.162 e. The van der Waals surface area contributed by atoms with Crippen molar-refractivity contribution in [3.63, 3.8) is 0 Å². The summed E-state index contributed by atoms with van der Waals surface area (Å²) in [5, 5.41) is 9.14. The fourth-order valence-electron chi connectivity index (χ4n) is 0.884. The molecule has 1 rings (SSSR count). The summed E-state index contributed by atoms with van der Waals surface area (Å²) in [5.41, 5.74) is 0.627. The number of rotatable bonds is 2. The summed E-state index contributed by atoms with van der Waals surface area (Å²) >= 11 is 3.14. The molecule has 0 unspecified atom stereocenters. The SMILES string of the molecule is CCC(=O)c1ccc(O)c(Br)c1. The number of carbonyl (C=O) groups is 1. The maximum absolute atomic E-state index is 11.2. The molecule has 0 aliphatic rings. The van der Waals surface area contributed by atoms with Gasteiger partial charge in [0.15, 0.2) is 5.78 Å². The first-order valence-electron chi connectivity index (χ1n) is 3.67. The van der Waals surface area contributed by atoms with Gasteiger partial charge in [-0.2, -0.15) is 0 Å². The molecule has 0 bridgehead atoms. The minimum absolute atomic E-state index is 0.0794. The Kier molecular flexibility index (Phi) is 2.87. The topological polar surface area (TPSA) is 37.3 Å². The molecule has 0 saturated heterocycles. The highest BCUT2D eigenvalue weighted by Gasteiger charge is 2.04. The minimum atomic E-state index is 0.0794. The van der Waals surface area contributed by atoms with Crippen molar-refractivity contribution >= 4 is 21.7 Å². The Labute approximate surface area is 79.3 Å². The first kappa shape index (κ1) is 9.26. The molecule has 0 spiro atoms. The lowest BCUT2D eigenvalue weighted by Crippen LogP contribution is -1.95. The van der Waals surface area contributed by atoms with Crippen molar-refractivity contribution < 1.29 is 9.90 Å². The largest absolute Gasteiger partial charge is 0.507 e. The van der Waals surface area contributed by atoms with Gasteiger partial charge in [-0.1, -0.05) is 6.92 Å². The van der Waals surface area contributed by atoms with Gasteiger partial charge >= 0.3 is 0 Å². The Hall–Kier alpha value is -0.830. The number of phenolic OH excluding ortho intramolecular Hbond substituents is 1. The summed E-state index contributed by atoms with van der Waals surface area (Å²) in [6.07, 6.45) is 0.483. The smallest absolute Gasteiger partial charge is 0.162 e. The van der Waals surface area contributed by atoms with Crippen LogP contribution in [0.25, 0.3) is 0 Å². The van der Waals surface area contributed by atoms with Gasteiger partial charge in [-0.25, -0.2) is 0 Å². The molecule has 0 fully saturated rings.